The summed E-state index contributed by atoms with van der Waals surface area (Å²) in [5.41, 5.74) is -0.00153. The van der Waals surface area contributed by atoms with Crippen LogP contribution in [0, 0.1) is 23.7 Å². The Morgan fingerprint density at radius 1 is 1.45 bits per heavy atom. The van der Waals surface area contributed by atoms with Crippen molar-refractivity contribution in [2.45, 2.75) is 33.3 Å². The SMILES string of the molecule is C#CCOCCOC1CCN(C(=O)O)CC1C(C)(C)C. The molecular weight excluding hydrogens is 258 g/mol. The van der Waals surface area contributed by atoms with Crippen molar-refractivity contribution in [2.75, 3.05) is 32.9 Å². The minimum absolute atomic E-state index is 0.00153. The van der Waals surface area contributed by atoms with Crippen LogP contribution in [-0.2, 0) is 9.47 Å². The van der Waals surface area contributed by atoms with Crippen molar-refractivity contribution in [3.05, 3.63) is 0 Å². The van der Waals surface area contributed by atoms with Crippen molar-refractivity contribution in [1.82, 2.24) is 4.90 Å². The Labute approximate surface area is 121 Å². The Balaban J connectivity index is 2.51. The highest BCUT2D eigenvalue weighted by Gasteiger charge is 2.38. The quantitative estimate of drug-likeness (QED) is 0.620. The lowest BCUT2D eigenvalue weighted by Crippen LogP contribution is -2.50. The zero-order chi connectivity index (χ0) is 15.2. The molecule has 0 aromatic rings. The lowest BCUT2D eigenvalue weighted by molar-refractivity contribution is -0.0760. The molecule has 1 aliphatic rings. The van der Waals surface area contributed by atoms with Crippen molar-refractivity contribution >= 4 is 6.09 Å². The fourth-order valence-electron chi connectivity index (χ4n) is 2.52. The van der Waals surface area contributed by atoms with Gasteiger partial charge in [0.1, 0.15) is 6.61 Å². The van der Waals surface area contributed by atoms with E-state index in [0.29, 0.717) is 32.9 Å². The number of amides is 1. The van der Waals surface area contributed by atoms with Gasteiger partial charge in [0.05, 0.1) is 19.3 Å². The summed E-state index contributed by atoms with van der Waals surface area (Å²) in [5.74, 6) is 2.59. The van der Waals surface area contributed by atoms with E-state index in [-0.39, 0.29) is 17.4 Å². The van der Waals surface area contributed by atoms with E-state index in [9.17, 15) is 4.79 Å². The fourth-order valence-corrected chi connectivity index (χ4v) is 2.52. The van der Waals surface area contributed by atoms with Crippen LogP contribution in [0.5, 0.6) is 0 Å². The second-order valence-corrected chi connectivity index (χ2v) is 6.16. The first-order chi connectivity index (χ1) is 9.36. The van der Waals surface area contributed by atoms with Gasteiger partial charge < -0.3 is 19.5 Å². The van der Waals surface area contributed by atoms with Crippen molar-refractivity contribution < 1.29 is 19.4 Å². The zero-order valence-corrected chi connectivity index (χ0v) is 12.6. The van der Waals surface area contributed by atoms with E-state index in [1.54, 1.807) is 0 Å². The second-order valence-electron chi connectivity index (χ2n) is 6.16. The number of terminal acetylenes is 1. The molecule has 1 amide bonds. The summed E-state index contributed by atoms with van der Waals surface area (Å²) in [7, 11) is 0. The first-order valence-electron chi connectivity index (χ1n) is 6.97. The average Bonchev–Trinajstić information content (AvgIpc) is 2.37. The summed E-state index contributed by atoms with van der Waals surface area (Å²) in [6, 6.07) is 0. The molecule has 0 spiro atoms. The van der Waals surface area contributed by atoms with Gasteiger partial charge in [-0.15, -0.1) is 6.42 Å². The number of carboxylic acid groups (broad SMARTS) is 1. The summed E-state index contributed by atoms with van der Waals surface area (Å²) in [6.45, 7) is 8.67. The molecule has 2 unspecified atom stereocenters. The smallest absolute Gasteiger partial charge is 0.407 e. The van der Waals surface area contributed by atoms with Crippen LogP contribution in [0.1, 0.15) is 27.2 Å². The molecule has 1 heterocycles. The standard InChI is InChI=1S/C15H25NO4/c1-5-8-19-9-10-20-13-6-7-16(14(17)18)11-12(13)15(2,3)4/h1,12-13H,6-11H2,2-4H3,(H,17,18). The molecule has 5 heteroatoms. The maximum absolute atomic E-state index is 11.1. The second kappa shape index (κ2) is 7.51. The molecule has 1 N–H and O–H groups in total. The highest BCUT2D eigenvalue weighted by molar-refractivity contribution is 5.65. The fraction of sp³-hybridized carbons (Fsp3) is 0.800. The Morgan fingerprint density at radius 3 is 2.70 bits per heavy atom. The van der Waals surface area contributed by atoms with Gasteiger partial charge in [0.25, 0.3) is 0 Å². The molecule has 0 radical (unpaired) electrons. The molecule has 1 aliphatic heterocycles. The lowest BCUT2D eigenvalue weighted by Gasteiger charge is -2.43. The monoisotopic (exact) mass is 283 g/mol. The van der Waals surface area contributed by atoms with Crippen molar-refractivity contribution in [3.63, 3.8) is 0 Å². The molecule has 1 rings (SSSR count). The van der Waals surface area contributed by atoms with E-state index in [1.165, 1.54) is 4.90 Å². The molecule has 114 valence electrons. The maximum Gasteiger partial charge on any atom is 0.407 e. The Kier molecular flexibility index (Phi) is 6.31. The molecule has 0 saturated carbocycles. The number of hydrogen-bond acceptors (Lipinski definition) is 3. The zero-order valence-electron chi connectivity index (χ0n) is 12.6. The number of nitrogens with zero attached hydrogens (tertiary/aromatic N) is 1. The minimum Gasteiger partial charge on any atom is -0.465 e. The molecule has 0 aromatic heterocycles. The van der Waals surface area contributed by atoms with Crippen LogP contribution < -0.4 is 0 Å². The molecule has 0 bridgehead atoms. The summed E-state index contributed by atoms with van der Waals surface area (Å²) >= 11 is 0. The van der Waals surface area contributed by atoms with Crippen LogP contribution in [0.3, 0.4) is 0 Å². The lowest BCUT2D eigenvalue weighted by atomic mass is 9.74. The Morgan fingerprint density at radius 2 is 2.15 bits per heavy atom. The van der Waals surface area contributed by atoms with Gasteiger partial charge in [-0.2, -0.15) is 0 Å². The van der Waals surface area contributed by atoms with E-state index in [0.717, 1.165) is 6.42 Å². The van der Waals surface area contributed by atoms with Gasteiger partial charge in [-0.3, -0.25) is 0 Å². The van der Waals surface area contributed by atoms with Crippen LogP contribution in [0.4, 0.5) is 4.79 Å². The number of carbonyl (C=O) groups is 1. The topological polar surface area (TPSA) is 59.0 Å². The van der Waals surface area contributed by atoms with Crippen LogP contribution in [0.15, 0.2) is 0 Å². The predicted molar refractivity (Wildman–Crippen MR) is 76.6 cm³/mol. The predicted octanol–water partition coefficient (Wildman–Crippen LogP) is 2.07. The molecule has 2 atom stereocenters. The van der Waals surface area contributed by atoms with Crippen molar-refractivity contribution in [2.24, 2.45) is 11.3 Å². The van der Waals surface area contributed by atoms with Crippen LogP contribution in [0.25, 0.3) is 0 Å². The molecule has 20 heavy (non-hydrogen) atoms. The number of rotatable bonds is 5. The normalized spacial score (nSPS) is 23.4. The Hall–Kier alpha value is -1.25. The largest absolute Gasteiger partial charge is 0.465 e. The van der Waals surface area contributed by atoms with Gasteiger partial charge in [-0.05, 0) is 11.8 Å². The summed E-state index contributed by atoms with van der Waals surface area (Å²) in [6.07, 6.45) is 5.04. The third kappa shape index (κ3) is 5.03. The Bertz CT molecular complexity index is 356. The van der Waals surface area contributed by atoms with E-state index >= 15 is 0 Å². The number of likely N-dealkylation sites (tertiary alicyclic amines) is 1. The van der Waals surface area contributed by atoms with Gasteiger partial charge in [0.15, 0.2) is 0 Å². The van der Waals surface area contributed by atoms with Crippen molar-refractivity contribution in [1.29, 1.82) is 0 Å². The van der Waals surface area contributed by atoms with Gasteiger partial charge in [0.2, 0.25) is 0 Å². The van der Waals surface area contributed by atoms with E-state index in [4.69, 9.17) is 21.0 Å². The average molecular weight is 283 g/mol. The third-order valence-electron chi connectivity index (χ3n) is 3.68. The molecule has 0 aliphatic carbocycles. The molecule has 5 nitrogen and oxygen atoms in total. The first-order valence-corrected chi connectivity index (χ1v) is 6.97. The van der Waals surface area contributed by atoms with Crippen LogP contribution in [0.2, 0.25) is 0 Å². The van der Waals surface area contributed by atoms with Gasteiger partial charge in [0, 0.05) is 19.0 Å². The minimum atomic E-state index is -0.852. The maximum atomic E-state index is 11.1. The van der Waals surface area contributed by atoms with Gasteiger partial charge in [-0.25, -0.2) is 4.79 Å². The third-order valence-corrected chi connectivity index (χ3v) is 3.68. The molecular formula is C15H25NO4. The summed E-state index contributed by atoms with van der Waals surface area (Å²) in [5, 5.41) is 9.13. The van der Waals surface area contributed by atoms with Crippen LogP contribution >= 0.6 is 0 Å². The van der Waals surface area contributed by atoms with Gasteiger partial charge in [-0.1, -0.05) is 26.7 Å². The number of hydrogen-bond donors (Lipinski definition) is 1. The summed E-state index contributed by atoms with van der Waals surface area (Å²) < 4.78 is 11.1. The molecule has 1 saturated heterocycles. The highest BCUT2D eigenvalue weighted by atomic mass is 16.5. The van der Waals surface area contributed by atoms with E-state index in [1.807, 2.05) is 0 Å². The van der Waals surface area contributed by atoms with E-state index < -0.39 is 6.09 Å². The van der Waals surface area contributed by atoms with E-state index in [2.05, 4.69) is 26.7 Å². The van der Waals surface area contributed by atoms with Gasteiger partial charge >= 0.3 is 6.09 Å². The number of piperidine rings is 1. The first kappa shape index (κ1) is 16.8. The van der Waals surface area contributed by atoms with Crippen LogP contribution in [-0.4, -0.2) is 55.1 Å². The molecule has 0 aromatic carbocycles. The molecule has 1 fully saturated rings. The van der Waals surface area contributed by atoms with Crippen molar-refractivity contribution in [3.8, 4) is 12.3 Å². The number of ether oxygens (including phenoxy) is 2. The summed E-state index contributed by atoms with van der Waals surface area (Å²) in [4.78, 5) is 12.6. The highest BCUT2D eigenvalue weighted by Crippen LogP contribution is 2.35.